The van der Waals surface area contributed by atoms with E-state index < -0.39 is 0 Å². The summed E-state index contributed by atoms with van der Waals surface area (Å²) in [4.78, 5) is 11.8. The highest BCUT2D eigenvalue weighted by molar-refractivity contribution is 5.88. The van der Waals surface area contributed by atoms with Crippen LogP contribution >= 0.6 is 0 Å². The lowest BCUT2D eigenvalue weighted by atomic mass is 10.0. The van der Waals surface area contributed by atoms with Gasteiger partial charge in [-0.3, -0.25) is 4.68 Å². The summed E-state index contributed by atoms with van der Waals surface area (Å²) in [5, 5.41) is 4.39. The van der Waals surface area contributed by atoms with Gasteiger partial charge in [0.2, 0.25) is 0 Å². The minimum absolute atomic E-state index is 0.196. The Balaban J connectivity index is 1.84. The van der Waals surface area contributed by atoms with E-state index in [2.05, 4.69) is 17.2 Å². The van der Waals surface area contributed by atoms with Gasteiger partial charge in [-0.15, -0.1) is 0 Å². The number of benzene rings is 1. The highest BCUT2D eigenvalue weighted by atomic mass is 16.5. The number of hydrogen-bond donors (Lipinski definition) is 0. The quantitative estimate of drug-likeness (QED) is 0.763. The van der Waals surface area contributed by atoms with Crippen LogP contribution in [0, 0.1) is 5.92 Å². The van der Waals surface area contributed by atoms with Gasteiger partial charge in [-0.1, -0.05) is 43.2 Å². The van der Waals surface area contributed by atoms with E-state index in [1.165, 1.54) is 18.4 Å². The first-order valence-corrected chi connectivity index (χ1v) is 7.54. The number of carbonyl (C=O) groups is 1. The van der Waals surface area contributed by atoms with Gasteiger partial charge in [0.15, 0.2) is 0 Å². The summed E-state index contributed by atoms with van der Waals surface area (Å²) in [7, 11) is 0. The van der Waals surface area contributed by atoms with Gasteiger partial charge >= 0.3 is 5.97 Å². The van der Waals surface area contributed by atoms with Crippen LogP contribution in [0.25, 0.3) is 0 Å². The summed E-state index contributed by atoms with van der Waals surface area (Å²) >= 11 is 0. The van der Waals surface area contributed by atoms with Crippen molar-refractivity contribution in [1.29, 1.82) is 0 Å². The van der Waals surface area contributed by atoms with Gasteiger partial charge < -0.3 is 4.74 Å². The molecule has 4 heteroatoms. The van der Waals surface area contributed by atoms with Crippen LogP contribution in [0.15, 0.2) is 42.7 Å². The Labute approximate surface area is 124 Å². The number of esters is 1. The molecule has 1 aliphatic rings. The predicted molar refractivity (Wildman–Crippen MR) is 80.1 cm³/mol. The molecule has 0 N–H and O–H groups in total. The Morgan fingerprint density at radius 2 is 2.14 bits per heavy atom. The molecule has 0 bridgehead atoms. The number of hydrogen-bond acceptors (Lipinski definition) is 3. The molecule has 1 unspecified atom stereocenters. The SMILES string of the molecule is CCOC(=O)c1cnn(C(CC2CC2)c2ccccc2)c1. The summed E-state index contributed by atoms with van der Waals surface area (Å²) in [6.07, 6.45) is 7.08. The van der Waals surface area contributed by atoms with Crippen molar-refractivity contribution in [2.75, 3.05) is 6.61 Å². The standard InChI is InChI=1S/C17H20N2O2/c1-2-21-17(20)15-11-18-19(12-15)16(10-13-8-9-13)14-6-4-3-5-7-14/h3-7,11-13,16H,2,8-10H2,1H3. The number of carbonyl (C=O) groups excluding carboxylic acids is 1. The monoisotopic (exact) mass is 284 g/mol. The summed E-state index contributed by atoms with van der Waals surface area (Å²) in [5.74, 6) is 0.479. The molecule has 0 spiro atoms. The second kappa shape index (κ2) is 6.12. The molecule has 1 aliphatic carbocycles. The molecule has 0 aliphatic heterocycles. The van der Waals surface area contributed by atoms with Crippen molar-refractivity contribution in [1.82, 2.24) is 9.78 Å². The molecule has 2 aromatic rings. The van der Waals surface area contributed by atoms with Crippen LogP contribution in [0.5, 0.6) is 0 Å². The smallest absolute Gasteiger partial charge is 0.341 e. The van der Waals surface area contributed by atoms with Crippen LogP contribution in [-0.2, 0) is 4.74 Å². The van der Waals surface area contributed by atoms with Gasteiger partial charge in [-0.25, -0.2) is 4.79 Å². The molecule has 1 saturated carbocycles. The molecule has 1 heterocycles. The minimum atomic E-state index is -0.304. The highest BCUT2D eigenvalue weighted by Crippen LogP contribution is 2.39. The Bertz CT molecular complexity index is 602. The van der Waals surface area contributed by atoms with Crippen molar-refractivity contribution in [3.05, 3.63) is 53.9 Å². The first kappa shape index (κ1) is 13.9. The maximum Gasteiger partial charge on any atom is 0.341 e. The van der Waals surface area contributed by atoms with Crippen LogP contribution in [0.2, 0.25) is 0 Å². The number of ether oxygens (including phenoxy) is 1. The molecule has 1 aromatic carbocycles. The summed E-state index contributed by atoms with van der Waals surface area (Å²) in [6, 6.07) is 10.6. The third kappa shape index (κ3) is 3.32. The van der Waals surface area contributed by atoms with Crippen molar-refractivity contribution >= 4 is 5.97 Å². The molecule has 1 atom stereocenters. The lowest BCUT2D eigenvalue weighted by molar-refractivity contribution is 0.0526. The molecule has 1 aromatic heterocycles. The van der Waals surface area contributed by atoms with Gasteiger partial charge in [0.25, 0.3) is 0 Å². The topological polar surface area (TPSA) is 44.1 Å². The van der Waals surface area contributed by atoms with Crippen molar-refractivity contribution in [2.24, 2.45) is 5.92 Å². The lowest BCUT2D eigenvalue weighted by Crippen LogP contribution is -2.12. The van der Waals surface area contributed by atoms with E-state index in [4.69, 9.17) is 4.74 Å². The average Bonchev–Trinajstić information content (AvgIpc) is 3.20. The first-order chi connectivity index (χ1) is 10.3. The van der Waals surface area contributed by atoms with Crippen LogP contribution < -0.4 is 0 Å². The maximum atomic E-state index is 11.8. The molecular weight excluding hydrogens is 264 g/mol. The fourth-order valence-electron chi connectivity index (χ4n) is 2.57. The van der Waals surface area contributed by atoms with E-state index in [1.54, 1.807) is 12.4 Å². The molecule has 3 rings (SSSR count). The fourth-order valence-corrected chi connectivity index (χ4v) is 2.57. The summed E-state index contributed by atoms with van der Waals surface area (Å²) in [5.41, 5.74) is 1.76. The van der Waals surface area contributed by atoms with E-state index in [-0.39, 0.29) is 12.0 Å². The Hall–Kier alpha value is -2.10. The van der Waals surface area contributed by atoms with Crippen LogP contribution in [0.1, 0.15) is 48.1 Å². The zero-order valence-electron chi connectivity index (χ0n) is 12.2. The fraction of sp³-hybridized carbons (Fsp3) is 0.412. The van der Waals surface area contributed by atoms with E-state index >= 15 is 0 Å². The van der Waals surface area contributed by atoms with Gasteiger partial charge in [0, 0.05) is 6.20 Å². The third-order valence-electron chi connectivity index (χ3n) is 3.87. The van der Waals surface area contributed by atoms with E-state index in [0.29, 0.717) is 12.2 Å². The van der Waals surface area contributed by atoms with E-state index in [1.807, 2.05) is 29.8 Å². The number of nitrogens with zero attached hydrogens (tertiary/aromatic N) is 2. The zero-order chi connectivity index (χ0) is 14.7. The molecule has 4 nitrogen and oxygen atoms in total. The highest BCUT2D eigenvalue weighted by Gasteiger charge is 2.28. The van der Waals surface area contributed by atoms with Crippen LogP contribution in [-0.4, -0.2) is 22.4 Å². The number of rotatable bonds is 6. The van der Waals surface area contributed by atoms with Gasteiger partial charge in [0.1, 0.15) is 0 Å². The predicted octanol–water partition coefficient (Wildman–Crippen LogP) is 3.45. The second-order valence-corrected chi connectivity index (χ2v) is 5.54. The average molecular weight is 284 g/mol. The second-order valence-electron chi connectivity index (χ2n) is 5.54. The van der Waals surface area contributed by atoms with Crippen LogP contribution in [0.4, 0.5) is 0 Å². The summed E-state index contributed by atoms with van der Waals surface area (Å²) in [6.45, 7) is 2.19. The molecule has 1 fully saturated rings. The molecule has 0 saturated heterocycles. The molecule has 110 valence electrons. The molecule has 0 radical (unpaired) electrons. The molecular formula is C17H20N2O2. The minimum Gasteiger partial charge on any atom is -0.462 e. The maximum absolute atomic E-state index is 11.8. The largest absolute Gasteiger partial charge is 0.462 e. The Morgan fingerprint density at radius 3 is 2.81 bits per heavy atom. The van der Waals surface area contributed by atoms with E-state index in [0.717, 1.165) is 12.3 Å². The van der Waals surface area contributed by atoms with Crippen molar-refractivity contribution in [3.63, 3.8) is 0 Å². The van der Waals surface area contributed by atoms with Crippen LogP contribution in [0.3, 0.4) is 0 Å². The van der Waals surface area contributed by atoms with E-state index in [9.17, 15) is 4.79 Å². The molecule has 0 amide bonds. The summed E-state index contributed by atoms with van der Waals surface area (Å²) < 4.78 is 6.93. The van der Waals surface area contributed by atoms with Gasteiger partial charge in [-0.2, -0.15) is 5.10 Å². The first-order valence-electron chi connectivity index (χ1n) is 7.54. The van der Waals surface area contributed by atoms with Crippen molar-refractivity contribution < 1.29 is 9.53 Å². The number of aromatic nitrogens is 2. The van der Waals surface area contributed by atoms with Crippen molar-refractivity contribution in [3.8, 4) is 0 Å². The third-order valence-corrected chi connectivity index (χ3v) is 3.87. The van der Waals surface area contributed by atoms with Crippen molar-refractivity contribution in [2.45, 2.75) is 32.2 Å². The lowest BCUT2D eigenvalue weighted by Gasteiger charge is -2.17. The Morgan fingerprint density at radius 1 is 1.38 bits per heavy atom. The Kier molecular flexibility index (Phi) is 4.04. The zero-order valence-corrected chi connectivity index (χ0v) is 12.2. The molecule has 21 heavy (non-hydrogen) atoms. The van der Waals surface area contributed by atoms with Gasteiger partial charge in [0.05, 0.1) is 24.4 Å². The normalized spacial score (nSPS) is 15.7. The van der Waals surface area contributed by atoms with Gasteiger partial charge in [-0.05, 0) is 24.8 Å².